The van der Waals surface area contributed by atoms with Crippen molar-refractivity contribution < 1.29 is 0 Å². The lowest BCUT2D eigenvalue weighted by Crippen LogP contribution is -2.19. The molecule has 0 saturated carbocycles. The van der Waals surface area contributed by atoms with E-state index in [2.05, 4.69) is 60.4 Å². The summed E-state index contributed by atoms with van der Waals surface area (Å²) in [4.78, 5) is 2.47. The Hall–Kier alpha value is -1.80. The van der Waals surface area contributed by atoms with Crippen LogP contribution < -0.4 is 10.6 Å². The maximum Gasteiger partial charge on any atom is 0.0429 e. The monoisotopic (exact) mass is 266 g/mol. The number of nitrogens with zero attached hydrogens (tertiary/aromatic N) is 1. The first kappa shape index (κ1) is 13.2. The summed E-state index contributed by atoms with van der Waals surface area (Å²) in [5.74, 6) is 0.441. The highest BCUT2D eigenvalue weighted by Gasteiger charge is 2.18. The fraction of sp³-hybridized carbons (Fsp3) is 0.333. The van der Waals surface area contributed by atoms with Crippen LogP contribution in [0.1, 0.15) is 29.5 Å². The smallest absolute Gasteiger partial charge is 0.0429 e. The van der Waals surface area contributed by atoms with Gasteiger partial charge < -0.3 is 10.6 Å². The zero-order chi connectivity index (χ0) is 13.9. The highest BCUT2D eigenvalue weighted by atomic mass is 15.1. The van der Waals surface area contributed by atoms with Crippen LogP contribution in [0.25, 0.3) is 0 Å². The Balaban J connectivity index is 1.73. The number of nitrogens with two attached hydrogens (primary N) is 1. The van der Waals surface area contributed by atoms with Crippen molar-refractivity contribution >= 4 is 5.69 Å². The summed E-state index contributed by atoms with van der Waals surface area (Å²) < 4.78 is 0. The molecule has 2 nitrogen and oxygen atoms in total. The molecule has 1 unspecified atom stereocenters. The molecular weight excluding hydrogens is 244 g/mol. The van der Waals surface area contributed by atoms with E-state index in [9.17, 15) is 0 Å². The summed E-state index contributed by atoms with van der Waals surface area (Å²) in [6, 6.07) is 17.6. The highest BCUT2D eigenvalue weighted by molar-refractivity contribution is 5.58. The molecule has 1 atom stereocenters. The zero-order valence-electron chi connectivity index (χ0n) is 12.0. The molecule has 104 valence electrons. The second-order valence-corrected chi connectivity index (χ2v) is 5.68. The summed E-state index contributed by atoms with van der Waals surface area (Å²) in [5.41, 5.74) is 11.3. The Kier molecular flexibility index (Phi) is 3.75. The second kappa shape index (κ2) is 5.68. The van der Waals surface area contributed by atoms with Crippen LogP contribution in [0, 0.1) is 0 Å². The fourth-order valence-corrected chi connectivity index (χ4v) is 2.88. The molecule has 0 radical (unpaired) electrons. The van der Waals surface area contributed by atoms with E-state index in [1.165, 1.54) is 28.8 Å². The van der Waals surface area contributed by atoms with Gasteiger partial charge in [0.25, 0.3) is 0 Å². The van der Waals surface area contributed by atoms with Crippen LogP contribution in [0.3, 0.4) is 0 Å². The molecule has 1 aliphatic rings. The van der Waals surface area contributed by atoms with Gasteiger partial charge in [-0.05, 0) is 41.6 Å². The predicted octanol–water partition coefficient (Wildman–Crippen LogP) is 3.31. The van der Waals surface area contributed by atoms with Crippen molar-refractivity contribution in [3.8, 4) is 0 Å². The Labute approximate surface area is 121 Å². The fourth-order valence-electron chi connectivity index (χ4n) is 2.88. The zero-order valence-corrected chi connectivity index (χ0v) is 12.0. The van der Waals surface area contributed by atoms with Gasteiger partial charge in [0.2, 0.25) is 0 Å². The molecule has 2 aromatic rings. The highest BCUT2D eigenvalue weighted by Crippen LogP contribution is 2.29. The maximum absolute atomic E-state index is 5.72. The van der Waals surface area contributed by atoms with E-state index in [1.807, 2.05) is 0 Å². The van der Waals surface area contributed by atoms with E-state index in [0.29, 0.717) is 12.5 Å². The van der Waals surface area contributed by atoms with Crippen molar-refractivity contribution in [2.75, 3.05) is 18.0 Å². The number of benzene rings is 2. The number of anilines is 1. The van der Waals surface area contributed by atoms with Crippen molar-refractivity contribution in [3.05, 3.63) is 65.2 Å². The molecule has 2 heteroatoms. The minimum absolute atomic E-state index is 0.441. The van der Waals surface area contributed by atoms with Gasteiger partial charge in [0.1, 0.15) is 0 Å². The third-order valence-corrected chi connectivity index (χ3v) is 4.26. The molecule has 0 bridgehead atoms. The molecule has 0 saturated heterocycles. The molecule has 1 heterocycles. The first-order valence-corrected chi connectivity index (χ1v) is 7.39. The van der Waals surface area contributed by atoms with E-state index < -0.39 is 0 Å². The SMILES string of the molecule is CC(CN)c1ccc(CN2CCc3ccccc32)cc1. The molecule has 0 amide bonds. The third-order valence-electron chi connectivity index (χ3n) is 4.26. The van der Waals surface area contributed by atoms with E-state index in [-0.39, 0.29) is 0 Å². The van der Waals surface area contributed by atoms with Crippen LogP contribution >= 0.6 is 0 Å². The van der Waals surface area contributed by atoms with Crippen LogP contribution in [0.2, 0.25) is 0 Å². The molecule has 0 aliphatic carbocycles. The summed E-state index contributed by atoms with van der Waals surface area (Å²) in [5, 5.41) is 0. The summed E-state index contributed by atoms with van der Waals surface area (Å²) in [6.07, 6.45) is 1.17. The lowest BCUT2D eigenvalue weighted by atomic mass is 10.00. The topological polar surface area (TPSA) is 29.3 Å². The van der Waals surface area contributed by atoms with E-state index in [0.717, 1.165) is 13.1 Å². The lowest BCUT2D eigenvalue weighted by Gasteiger charge is -2.20. The van der Waals surface area contributed by atoms with Gasteiger partial charge in [-0.3, -0.25) is 0 Å². The molecule has 0 aromatic heterocycles. The quantitative estimate of drug-likeness (QED) is 0.920. The minimum atomic E-state index is 0.441. The predicted molar refractivity (Wildman–Crippen MR) is 85.1 cm³/mol. The van der Waals surface area contributed by atoms with Crippen LogP contribution in [0.15, 0.2) is 48.5 Å². The number of hydrogen-bond acceptors (Lipinski definition) is 2. The molecule has 1 aliphatic heterocycles. The standard InChI is InChI=1S/C18H22N2/c1-14(12-19)16-8-6-15(7-9-16)13-20-11-10-17-4-2-3-5-18(17)20/h2-9,14H,10-13,19H2,1H3. The minimum Gasteiger partial charge on any atom is -0.367 e. The van der Waals surface area contributed by atoms with Crippen molar-refractivity contribution in [3.63, 3.8) is 0 Å². The average molecular weight is 266 g/mol. The average Bonchev–Trinajstić information content (AvgIpc) is 2.91. The summed E-state index contributed by atoms with van der Waals surface area (Å²) in [7, 11) is 0. The summed E-state index contributed by atoms with van der Waals surface area (Å²) in [6.45, 7) is 5.00. The molecule has 2 aromatic carbocycles. The van der Waals surface area contributed by atoms with Crippen molar-refractivity contribution in [2.24, 2.45) is 5.73 Å². The van der Waals surface area contributed by atoms with Crippen LogP contribution in [0.5, 0.6) is 0 Å². The largest absolute Gasteiger partial charge is 0.367 e. The number of rotatable bonds is 4. The molecule has 0 spiro atoms. The Morgan fingerprint density at radius 1 is 1.10 bits per heavy atom. The van der Waals surface area contributed by atoms with Gasteiger partial charge in [0.05, 0.1) is 0 Å². The Morgan fingerprint density at radius 3 is 2.60 bits per heavy atom. The Bertz CT molecular complexity index is 574. The van der Waals surface area contributed by atoms with Gasteiger partial charge in [-0.25, -0.2) is 0 Å². The first-order chi connectivity index (χ1) is 9.78. The normalized spacial score (nSPS) is 15.2. The molecule has 3 rings (SSSR count). The van der Waals surface area contributed by atoms with Crippen molar-refractivity contribution in [2.45, 2.75) is 25.8 Å². The lowest BCUT2D eigenvalue weighted by molar-refractivity contribution is 0.772. The molecule has 0 fully saturated rings. The molecule has 20 heavy (non-hydrogen) atoms. The summed E-state index contributed by atoms with van der Waals surface area (Å²) >= 11 is 0. The maximum atomic E-state index is 5.72. The number of fused-ring (bicyclic) bond motifs is 1. The Morgan fingerprint density at radius 2 is 1.85 bits per heavy atom. The molecular formula is C18H22N2. The third kappa shape index (κ3) is 2.56. The number of hydrogen-bond donors (Lipinski definition) is 1. The van der Waals surface area contributed by atoms with E-state index in [4.69, 9.17) is 5.73 Å². The first-order valence-electron chi connectivity index (χ1n) is 7.39. The van der Waals surface area contributed by atoms with Crippen molar-refractivity contribution in [1.82, 2.24) is 0 Å². The van der Waals surface area contributed by atoms with Crippen LogP contribution in [-0.4, -0.2) is 13.1 Å². The van der Waals surface area contributed by atoms with E-state index in [1.54, 1.807) is 0 Å². The number of para-hydroxylation sites is 1. The van der Waals surface area contributed by atoms with Crippen LogP contribution in [-0.2, 0) is 13.0 Å². The van der Waals surface area contributed by atoms with Gasteiger partial charge in [-0.2, -0.15) is 0 Å². The van der Waals surface area contributed by atoms with Gasteiger partial charge in [-0.15, -0.1) is 0 Å². The van der Waals surface area contributed by atoms with Gasteiger partial charge >= 0.3 is 0 Å². The van der Waals surface area contributed by atoms with Crippen LogP contribution in [0.4, 0.5) is 5.69 Å². The van der Waals surface area contributed by atoms with E-state index >= 15 is 0 Å². The van der Waals surface area contributed by atoms with Crippen molar-refractivity contribution in [1.29, 1.82) is 0 Å². The van der Waals surface area contributed by atoms with Gasteiger partial charge in [0, 0.05) is 18.8 Å². The van der Waals surface area contributed by atoms with Gasteiger partial charge in [-0.1, -0.05) is 49.4 Å². The molecule has 2 N–H and O–H groups in total. The second-order valence-electron chi connectivity index (χ2n) is 5.68. The van der Waals surface area contributed by atoms with Gasteiger partial charge in [0.15, 0.2) is 0 Å².